The van der Waals surface area contributed by atoms with Crippen molar-refractivity contribution in [1.29, 1.82) is 0 Å². The smallest absolute Gasteiger partial charge is 0.145 e. The highest BCUT2D eigenvalue weighted by Gasteiger charge is 2.25. The summed E-state index contributed by atoms with van der Waals surface area (Å²) < 4.78 is 5.84. The van der Waals surface area contributed by atoms with Crippen LogP contribution in [0.4, 0.5) is 11.5 Å². The molecule has 6 nitrogen and oxygen atoms in total. The molecule has 0 amide bonds. The summed E-state index contributed by atoms with van der Waals surface area (Å²) in [5.74, 6) is 3.33. The van der Waals surface area contributed by atoms with Crippen LogP contribution in [-0.2, 0) is 0 Å². The summed E-state index contributed by atoms with van der Waals surface area (Å²) in [7, 11) is 2.08. The van der Waals surface area contributed by atoms with Gasteiger partial charge in [-0.1, -0.05) is 0 Å². The summed E-state index contributed by atoms with van der Waals surface area (Å²) >= 11 is 0. The molecule has 0 bridgehead atoms. The molecule has 0 aliphatic carbocycles. The number of nitrogens with zero attached hydrogens (tertiary/aromatic N) is 4. The molecule has 1 aliphatic rings. The average Bonchev–Trinajstić information content (AvgIpc) is 2.67. The summed E-state index contributed by atoms with van der Waals surface area (Å²) in [5, 5.41) is 3.60. The van der Waals surface area contributed by atoms with Gasteiger partial charge in [-0.05, 0) is 56.7 Å². The molecular weight excluding hydrogens is 338 g/mol. The van der Waals surface area contributed by atoms with E-state index in [0.717, 1.165) is 53.1 Å². The predicted molar refractivity (Wildman–Crippen MR) is 107 cm³/mol. The topological polar surface area (TPSA) is 63.2 Å². The number of rotatable bonds is 4. The second-order valence-electron chi connectivity index (χ2n) is 6.87. The van der Waals surface area contributed by atoms with Gasteiger partial charge < -0.3 is 15.0 Å². The fourth-order valence-corrected chi connectivity index (χ4v) is 3.22. The molecule has 6 heteroatoms. The third kappa shape index (κ3) is 3.84. The van der Waals surface area contributed by atoms with Gasteiger partial charge in [0, 0.05) is 36.7 Å². The van der Waals surface area contributed by atoms with Crippen molar-refractivity contribution in [3.8, 4) is 11.5 Å². The van der Waals surface area contributed by atoms with Gasteiger partial charge in [0.15, 0.2) is 0 Å². The highest BCUT2D eigenvalue weighted by molar-refractivity contribution is 5.55. The Bertz CT molecular complexity index is 924. The number of anilines is 2. The molecule has 0 fully saturated rings. The van der Waals surface area contributed by atoms with Gasteiger partial charge in [-0.25, -0.2) is 9.97 Å². The fraction of sp³-hybridized carbons (Fsp3) is 0.286. The average molecular weight is 361 g/mol. The van der Waals surface area contributed by atoms with Crippen molar-refractivity contribution in [3.63, 3.8) is 0 Å². The number of ether oxygens (including phenoxy) is 1. The van der Waals surface area contributed by atoms with Crippen molar-refractivity contribution in [2.75, 3.05) is 23.8 Å². The standard InChI is InChI=1S/C21H23N5O/c1-14-4-7-18(12-22-14)27-17-8-5-16(6-9-17)25-20-10-11-26(3)21-19(20)13-23-15(2)24-21/h4-9,12-13,20,25H,10-11H2,1-3H3. The van der Waals surface area contributed by atoms with E-state index >= 15 is 0 Å². The predicted octanol–water partition coefficient (Wildman–Crippen LogP) is 4.27. The van der Waals surface area contributed by atoms with Gasteiger partial charge in [-0.2, -0.15) is 0 Å². The summed E-state index contributed by atoms with van der Waals surface area (Å²) in [4.78, 5) is 15.4. The number of benzene rings is 1. The molecule has 27 heavy (non-hydrogen) atoms. The van der Waals surface area contributed by atoms with Crippen LogP contribution in [0, 0.1) is 13.8 Å². The lowest BCUT2D eigenvalue weighted by molar-refractivity contribution is 0.480. The SMILES string of the molecule is Cc1ccc(Oc2ccc(NC3CCN(C)c4nc(C)ncc43)cc2)cn1. The number of aromatic nitrogens is 3. The number of aryl methyl sites for hydroxylation is 2. The molecule has 1 aromatic carbocycles. The Kier molecular flexibility index (Phi) is 4.62. The van der Waals surface area contributed by atoms with Crippen molar-refractivity contribution >= 4 is 11.5 Å². The number of pyridine rings is 1. The van der Waals surface area contributed by atoms with E-state index in [2.05, 4.69) is 32.2 Å². The molecule has 2 aromatic heterocycles. The lowest BCUT2D eigenvalue weighted by Gasteiger charge is -2.32. The van der Waals surface area contributed by atoms with Gasteiger partial charge in [0.2, 0.25) is 0 Å². The number of nitrogens with one attached hydrogen (secondary N) is 1. The molecule has 3 aromatic rings. The first-order valence-corrected chi connectivity index (χ1v) is 9.10. The normalized spacial score (nSPS) is 16.0. The Hall–Kier alpha value is -3.15. The quantitative estimate of drug-likeness (QED) is 0.748. The minimum Gasteiger partial charge on any atom is -0.456 e. The monoisotopic (exact) mass is 361 g/mol. The summed E-state index contributed by atoms with van der Waals surface area (Å²) in [6, 6.07) is 12.0. The first-order chi connectivity index (χ1) is 13.1. The molecule has 1 atom stereocenters. The minimum atomic E-state index is 0.199. The van der Waals surface area contributed by atoms with Crippen LogP contribution in [0.2, 0.25) is 0 Å². The lowest BCUT2D eigenvalue weighted by Crippen LogP contribution is -2.31. The van der Waals surface area contributed by atoms with Gasteiger partial charge in [-0.15, -0.1) is 0 Å². The molecule has 0 spiro atoms. The Morgan fingerprint density at radius 1 is 1.00 bits per heavy atom. The first kappa shape index (κ1) is 17.3. The molecule has 3 heterocycles. The maximum absolute atomic E-state index is 5.84. The zero-order valence-corrected chi connectivity index (χ0v) is 15.8. The molecule has 4 rings (SSSR count). The van der Waals surface area contributed by atoms with E-state index in [0.29, 0.717) is 0 Å². The van der Waals surface area contributed by atoms with E-state index in [-0.39, 0.29) is 6.04 Å². The first-order valence-electron chi connectivity index (χ1n) is 9.10. The lowest BCUT2D eigenvalue weighted by atomic mass is 10.0. The number of hydrogen-bond donors (Lipinski definition) is 1. The van der Waals surface area contributed by atoms with E-state index in [1.807, 2.05) is 56.4 Å². The van der Waals surface area contributed by atoms with Crippen LogP contribution in [0.15, 0.2) is 48.8 Å². The minimum absolute atomic E-state index is 0.199. The molecule has 0 saturated heterocycles. The van der Waals surface area contributed by atoms with Crippen LogP contribution in [0.5, 0.6) is 11.5 Å². The van der Waals surface area contributed by atoms with Crippen LogP contribution in [0.1, 0.15) is 29.5 Å². The van der Waals surface area contributed by atoms with E-state index in [4.69, 9.17) is 4.74 Å². The summed E-state index contributed by atoms with van der Waals surface area (Å²) in [6.45, 7) is 4.84. The Labute approximate surface area is 159 Å². The second kappa shape index (κ2) is 7.23. The Morgan fingerprint density at radius 2 is 1.78 bits per heavy atom. The maximum atomic E-state index is 5.84. The molecule has 0 saturated carbocycles. The van der Waals surface area contributed by atoms with Crippen LogP contribution >= 0.6 is 0 Å². The molecule has 1 aliphatic heterocycles. The Balaban J connectivity index is 1.47. The number of fused-ring (bicyclic) bond motifs is 1. The maximum Gasteiger partial charge on any atom is 0.145 e. The molecule has 1 unspecified atom stereocenters. The Morgan fingerprint density at radius 3 is 2.52 bits per heavy atom. The molecular formula is C21H23N5O. The fourth-order valence-electron chi connectivity index (χ4n) is 3.22. The zero-order chi connectivity index (χ0) is 18.8. The van der Waals surface area contributed by atoms with Gasteiger partial charge >= 0.3 is 0 Å². The van der Waals surface area contributed by atoms with Gasteiger partial charge in [0.25, 0.3) is 0 Å². The van der Waals surface area contributed by atoms with E-state index < -0.39 is 0 Å². The third-order valence-electron chi connectivity index (χ3n) is 4.72. The van der Waals surface area contributed by atoms with Crippen molar-refractivity contribution in [1.82, 2.24) is 15.0 Å². The van der Waals surface area contributed by atoms with Gasteiger partial charge in [0.05, 0.1) is 12.2 Å². The second-order valence-corrected chi connectivity index (χ2v) is 6.87. The third-order valence-corrected chi connectivity index (χ3v) is 4.72. The van der Waals surface area contributed by atoms with Gasteiger partial charge in [0.1, 0.15) is 23.1 Å². The van der Waals surface area contributed by atoms with E-state index in [9.17, 15) is 0 Å². The van der Waals surface area contributed by atoms with E-state index in [1.165, 1.54) is 0 Å². The van der Waals surface area contributed by atoms with Crippen LogP contribution < -0.4 is 15.0 Å². The van der Waals surface area contributed by atoms with Crippen LogP contribution in [-0.4, -0.2) is 28.5 Å². The van der Waals surface area contributed by atoms with Crippen molar-refractivity contribution in [3.05, 3.63) is 65.9 Å². The number of hydrogen-bond acceptors (Lipinski definition) is 6. The van der Waals surface area contributed by atoms with Crippen LogP contribution in [0.25, 0.3) is 0 Å². The van der Waals surface area contributed by atoms with Gasteiger partial charge in [-0.3, -0.25) is 4.98 Å². The molecule has 1 N–H and O–H groups in total. The van der Waals surface area contributed by atoms with Crippen molar-refractivity contribution < 1.29 is 4.74 Å². The summed E-state index contributed by atoms with van der Waals surface area (Å²) in [6.07, 6.45) is 4.68. The van der Waals surface area contributed by atoms with Crippen molar-refractivity contribution in [2.45, 2.75) is 26.3 Å². The summed E-state index contributed by atoms with van der Waals surface area (Å²) in [5.41, 5.74) is 3.16. The van der Waals surface area contributed by atoms with Crippen LogP contribution in [0.3, 0.4) is 0 Å². The highest BCUT2D eigenvalue weighted by Crippen LogP contribution is 2.34. The van der Waals surface area contributed by atoms with E-state index in [1.54, 1.807) is 6.20 Å². The largest absolute Gasteiger partial charge is 0.456 e. The van der Waals surface area contributed by atoms with Crippen molar-refractivity contribution in [2.24, 2.45) is 0 Å². The highest BCUT2D eigenvalue weighted by atomic mass is 16.5. The molecule has 138 valence electrons. The molecule has 0 radical (unpaired) electrons. The zero-order valence-electron chi connectivity index (χ0n) is 15.8.